The van der Waals surface area contributed by atoms with E-state index in [9.17, 15) is 4.79 Å². The zero-order valence-electron chi connectivity index (χ0n) is 12.0. The van der Waals surface area contributed by atoms with E-state index in [4.69, 9.17) is 9.47 Å². The molecule has 108 valence electrons. The van der Waals surface area contributed by atoms with Crippen LogP contribution in [0.3, 0.4) is 0 Å². The number of carbonyl (C=O) groups is 1. The fraction of sp³-hybridized carbons (Fsp3) is 0.118. The van der Waals surface area contributed by atoms with E-state index in [2.05, 4.69) is 4.98 Å². The predicted molar refractivity (Wildman–Crippen MR) is 81.4 cm³/mol. The van der Waals surface area contributed by atoms with Gasteiger partial charge in [-0.3, -0.25) is 4.79 Å². The summed E-state index contributed by atoms with van der Waals surface area (Å²) < 4.78 is 10.4. The molecule has 4 heteroatoms. The largest absolute Gasteiger partial charge is 0.493 e. The molecule has 2 aromatic rings. The fourth-order valence-corrected chi connectivity index (χ4v) is 1.86. The van der Waals surface area contributed by atoms with E-state index in [0.717, 1.165) is 0 Å². The third-order valence-electron chi connectivity index (χ3n) is 2.93. The first kappa shape index (κ1) is 14.7. The van der Waals surface area contributed by atoms with Gasteiger partial charge in [-0.25, -0.2) is 0 Å². The van der Waals surface area contributed by atoms with Crippen molar-refractivity contribution in [3.05, 3.63) is 72.1 Å². The van der Waals surface area contributed by atoms with E-state index in [0.29, 0.717) is 22.8 Å². The minimum Gasteiger partial charge on any atom is -0.493 e. The Morgan fingerprint density at radius 2 is 1.62 bits per heavy atom. The average Bonchev–Trinajstić information content (AvgIpc) is 2.67. The quantitative estimate of drug-likeness (QED) is 0.875. The second-order valence-electron chi connectivity index (χ2n) is 4.25. The number of H-pyrrole nitrogens is 1. The van der Waals surface area contributed by atoms with Gasteiger partial charge >= 0.3 is 0 Å². The molecule has 0 unspecified atom stereocenters. The Morgan fingerprint density at radius 3 is 2.38 bits per heavy atom. The highest BCUT2D eigenvalue weighted by Gasteiger charge is 2.12. The normalized spacial score (nSPS) is 9.62. The number of nitrogens with one attached hydrogen (secondary N) is 1. The van der Waals surface area contributed by atoms with Gasteiger partial charge in [0, 0.05) is 11.8 Å². The first-order valence-corrected chi connectivity index (χ1v) is 6.49. The molecule has 0 amide bonds. The topological polar surface area (TPSA) is 51.3 Å². The molecule has 0 spiro atoms. The van der Waals surface area contributed by atoms with Crippen LogP contribution in [0, 0.1) is 0 Å². The van der Waals surface area contributed by atoms with Gasteiger partial charge < -0.3 is 14.5 Å². The minimum absolute atomic E-state index is 0.118. The lowest BCUT2D eigenvalue weighted by Crippen LogP contribution is -2.03. The minimum atomic E-state index is -0.118. The number of rotatable bonds is 4. The highest BCUT2D eigenvalue weighted by Crippen LogP contribution is 2.28. The molecule has 21 heavy (non-hydrogen) atoms. The standard InChI is InChI=1S/C17H17NO3/c1-20-15-10-9-13(12-16(15)21-2)17(19)14-8-6-4-3-5-7-11-18-14/h3-12,18H,1-2H3. The van der Waals surface area contributed by atoms with E-state index in [-0.39, 0.29) is 5.78 Å². The Bertz CT molecular complexity index is 651. The smallest absolute Gasteiger partial charge is 0.209 e. The van der Waals surface area contributed by atoms with Crippen molar-refractivity contribution >= 4 is 5.78 Å². The van der Waals surface area contributed by atoms with Crippen molar-refractivity contribution in [1.82, 2.24) is 4.98 Å². The fourth-order valence-electron chi connectivity index (χ4n) is 1.86. The summed E-state index contributed by atoms with van der Waals surface area (Å²) in [4.78, 5) is 15.5. The molecule has 0 aliphatic heterocycles. The molecule has 0 aliphatic rings. The Labute approximate surface area is 123 Å². The Kier molecular flexibility index (Phi) is 4.99. The number of benzene rings is 1. The maximum Gasteiger partial charge on any atom is 0.209 e. The summed E-state index contributed by atoms with van der Waals surface area (Å²) in [7, 11) is 3.10. The van der Waals surface area contributed by atoms with Crippen molar-refractivity contribution in [3.63, 3.8) is 0 Å². The summed E-state index contributed by atoms with van der Waals surface area (Å²) in [6, 6.07) is 16.1. The van der Waals surface area contributed by atoms with Crippen molar-refractivity contribution in [1.29, 1.82) is 0 Å². The predicted octanol–water partition coefficient (Wildman–Crippen LogP) is 3.39. The molecule has 1 heterocycles. The summed E-state index contributed by atoms with van der Waals surface area (Å²) in [6.45, 7) is 0. The molecule has 0 radical (unpaired) electrons. The molecule has 1 aromatic heterocycles. The molecule has 0 bridgehead atoms. The van der Waals surface area contributed by atoms with Crippen LogP contribution in [0.2, 0.25) is 0 Å². The van der Waals surface area contributed by atoms with Gasteiger partial charge in [-0.2, -0.15) is 0 Å². The number of hydrogen-bond acceptors (Lipinski definition) is 3. The number of aromatic nitrogens is 1. The maximum atomic E-state index is 12.5. The zero-order chi connectivity index (χ0) is 15.1. The molecular weight excluding hydrogens is 266 g/mol. The average molecular weight is 283 g/mol. The molecule has 1 N–H and O–H groups in total. The van der Waals surface area contributed by atoms with Crippen LogP contribution in [0.15, 0.2) is 60.8 Å². The second kappa shape index (κ2) is 7.14. The number of methoxy groups -OCH3 is 2. The van der Waals surface area contributed by atoms with E-state index in [1.165, 1.54) is 0 Å². The molecule has 0 atom stereocenters. The maximum absolute atomic E-state index is 12.5. The lowest BCUT2D eigenvalue weighted by atomic mass is 10.1. The van der Waals surface area contributed by atoms with Crippen LogP contribution in [0.1, 0.15) is 16.1 Å². The van der Waals surface area contributed by atoms with Crippen LogP contribution in [0.5, 0.6) is 11.5 Å². The molecular formula is C17H17NO3. The van der Waals surface area contributed by atoms with Crippen LogP contribution in [0.4, 0.5) is 0 Å². The Morgan fingerprint density at radius 1 is 0.905 bits per heavy atom. The van der Waals surface area contributed by atoms with Gasteiger partial charge in [0.25, 0.3) is 0 Å². The summed E-state index contributed by atoms with van der Waals surface area (Å²) in [5.74, 6) is 1.00. The third-order valence-corrected chi connectivity index (χ3v) is 2.93. The summed E-state index contributed by atoms with van der Waals surface area (Å²) in [5, 5.41) is 0. The lowest BCUT2D eigenvalue weighted by Gasteiger charge is -2.08. The van der Waals surface area contributed by atoms with E-state index in [1.807, 2.05) is 30.3 Å². The zero-order valence-corrected chi connectivity index (χ0v) is 12.0. The van der Waals surface area contributed by atoms with Crippen molar-refractivity contribution in [2.24, 2.45) is 0 Å². The molecule has 1 aromatic carbocycles. The van der Waals surface area contributed by atoms with Gasteiger partial charge in [0.1, 0.15) is 0 Å². The first-order chi connectivity index (χ1) is 10.3. The molecule has 0 fully saturated rings. The Balaban J connectivity index is 2.43. The van der Waals surface area contributed by atoms with Gasteiger partial charge in [0.15, 0.2) is 11.5 Å². The molecule has 4 nitrogen and oxygen atoms in total. The SMILES string of the molecule is COc1ccc(C(=O)c2ccccccc[nH]2)cc1OC. The van der Waals surface area contributed by atoms with Gasteiger partial charge in [0.2, 0.25) is 5.78 Å². The number of aromatic amines is 1. The highest BCUT2D eigenvalue weighted by molar-refractivity contribution is 6.07. The van der Waals surface area contributed by atoms with Crippen molar-refractivity contribution in [3.8, 4) is 11.5 Å². The molecule has 2 rings (SSSR count). The van der Waals surface area contributed by atoms with Crippen LogP contribution >= 0.6 is 0 Å². The number of carbonyl (C=O) groups excluding carboxylic acids is 1. The van der Waals surface area contributed by atoms with Gasteiger partial charge in [0.05, 0.1) is 19.9 Å². The van der Waals surface area contributed by atoms with Crippen LogP contribution in [-0.2, 0) is 0 Å². The summed E-state index contributed by atoms with van der Waals surface area (Å²) >= 11 is 0. The van der Waals surface area contributed by atoms with Gasteiger partial charge in [-0.1, -0.05) is 24.3 Å². The van der Waals surface area contributed by atoms with Crippen molar-refractivity contribution in [2.75, 3.05) is 14.2 Å². The van der Waals surface area contributed by atoms with Gasteiger partial charge in [-0.05, 0) is 30.3 Å². The van der Waals surface area contributed by atoms with Crippen LogP contribution in [0.25, 0.3) is 0 Å². The third kappa shape index (κ3) is 3.63. The van der Waals surface area contributed by atoms with E-state index < -0.39 is 0 Å². The molecule has 0 saturated carbocycles. The monoisotopic (exact) mass is 283 g/mol. The van der Waals surface area contributed by atoms with Crippen LogP contribution < -0.4 is 9.47 Å². The number of ketones is 1. The second-order valence-corrected chi connectivity index (χ2v) is 4.25. The van der Waals surface area contributed by atoms with Gasteiger partial charge in [-0.15, -0.1) is 0 Å². The van der Waals surface area contributed by atoms with Crippen LogP contribution in [-0.4, -0.2) is 25.0 Å². The molecule has 0 aliphatic carbocycles. The van der Waals surface area contributed by atoms with E-state index in [1.54, 1.807) is 44.7 Å². The highest BCUT2D eigenvalue weighted by atomic mass is 16.5. The Hall–Kier alpha value is -2.75. The first-order valence-electron chi connectivity index (χ1n) is 6.49. The van der Waals surface area contributed by atoms with Crippen molar-refractivity contribution < 1.29 is 14.3 Å². The molecule has 0 saturated heterocycles. The number of hydrogen-bond donors (Lipinski definition) is 1. The van der Waals surface area contributed by atoms with E-state index >= 15 is 0 Å². The lowest BCUT2D eigenvalue weighted by molar-refractivity contribution is 0.103. The number of ether oxygens (including phenoxy) is 2. The van der Waals surface area contributed by atoms with Crippen molar-refractivity contribution in [2.45, 2.75) is 0 Å². The summed E-state index contributed by atoms with van der Waals surface area (Å²) in [5.41, 5.74) is 1.01. The summed E-state index contributed by atoms with van der Waals surface area (Å²) in [6.07, 6.45) is 1.72.